The van der Waals surface area contributed by atoms with Crippen molar-refractivity contribution in [1.29, 1.82) is 0 Å². The molecule has 1 unspecified atom stereocenters. The third-order valence-electron chi connectivity index (χ3n) is 11.0. The predicted molar refractivity (Wildman–Crippen MR) is 214 cm³/mol. The normalized spacial score (nSPS) is 15.8. The van der Waals surface area contributed by atoms with Crippen molar-refractivity contribution in [3.63, 3.8) is 0 Å². The second kappa shape index (κ2) is 11.9. The van der Waals surface area contributed by atoms with Crippen LogP contribution in [0.25, 0.3) is 72.5 Å². The number of hydrogen-bond donors (Lipinski definition) is 0. The second-order valence-electron chi connectivity index (χ2n) is 14.4. The first-order chi connectivity index (χ1) is 25.5. The number of aromatic nitrogens is 4. The Morgan fingerprint density at radius 1 is 0.538 bits per heavy atom. The maximum atomic E-state index is 5.17. The lowest BCUT2D eigenvalue weighted by atomic mass is 9.82. The van der Waals surface area contributed by atoms with Crippen LogP contribution in [0.5, 0.6) is 0 Å². The monoisotopic (exact) mass is 668 g/mol. The minimum absolute atomic E-state index is 0.0295. The fraction of sp³-hybridized carbons (Fsp3) is 0.104. The first kappa shape index (κ1) is 30.4. The summed E-state index contributed by atoms with van der Waals surface area (Å²) in [4.78, 5) is 15.3. The van der Waals surface area contributed by atoms with Gasteiger partial charge in [0.1, 0.15) is 5.82 Å². The number of para-hydroxylation sites is 1. The highest BCUT2D eigenvalue weighted by Crippen LogP contribution is 2.51. The van der Waals surface area contributed by atoms with Crippen LogP contribution in [0.1, 0.15) is 43.1 Å². The fourth-order valence-corrected chi connectivity index (χ4v) is 8.32. The van der Waals surface area contributed by atoms with Crippen molar-refractivity contribution in [2.75, 3.05) is 0 Å². The van der Waals surface area contributed by atoms with Crippen LogP contribution in [0.4, 0.5) is 0 Å². The van der Waals surface area contributed by atoms with E-state index in [1.54, 1.807) is 0 Å². The van der Waals surface area contributed by atoms with Gasteiger partial charge in [-0.05, 0) is 57.7 Å². The highest BCUT2D eigenvalue weighted by atomic mass is 15.0. The van der Waals surface area contributed by atoms with Gasteiger partial charge in [0.2, 0.25) is 0 Å². The largest absolute Gasteiger partial charge is 0.313 e. The van der Waals surface area contributed by atoms with E-state index in [1.165, 1.54) is 55.3 Å². The first-order valence-corrected chi connectivity index (χ1v) is 18.1. The molecule has 0 amide bonds. The van der Waals surface area contributed by atoms with E-state index in [0.29, 0.717) is 11.6 Å². The standard InChI is InChI=1S/C48H36N4/c1-48(2)41-22-11-9-20-37(41)39-30-44-40(29-42(39)48)38-21-10-12-23-43(38)52(44)36-19-13-18-35(28-36)47-50-45(33-16-7-4-8-17-33)49-46(51-47)34-26-24-32(25-27-34)31-14-5-3-6-15-31/h3-27,29-30,35H,28H2,1-2H3. The second-order valence-corrected chi connectivity index (χ2v) is 14.4. The van der Waals surface area contributed by atoms with E-state index in [0.717, 1.165) is 28.9 Å². The summed E-state index contributed by atoms with van der Waals surface area (Å²) in [5.74, 6) is 2.11. The lowest BCUT2D eigenvalue weighted by Crippen LogP contribution is -2.14. The van der Waals surface area contributed by atoms with Crippen molar-refractivity contribution in [1.82, 2.24) is 19.5 Å². The van der Waals surface area contributed by atoms with Crippen LogP contribution in [0.15, 0.2) is 164 Å². The van der Waals surface area contributed by atoms with Crippen molar-refractivity contribution < 1.29 is 0 Å². The van der Waals surface area contributed by atoms with Gasteiger partial charge >= 0.3 is 0 Å². The molecule has 0 saturated heterocycles. The summed E-state index contributed by atoms with van der Waals surface area (Å²) in [6, 6.07) is 51.8. The summed E-state index contributed by atoms with van der Waals surface area (Å²) >= 11 is 0. The van der Waals surface area contributed by atoms with E-state index in [-0.39, 0.29) is 11.3 Å². The molecule has 2 heterocycles. The number of nitrogens with zero attached hydrogens (tertiary/aromatic N) is 4. The predicted octanol–water partition coefficient (Wildman–Crippen LogP) is 11.9. The third-order valence-corrected chi connectivity index (χ3v) is 11.0. The van der Waals surface area contributed by atoms with Gasteiger partial charge in [-0.15, -0.1) is 0 Å². The Hall–Kier alpha value is -6.39. The Balaban J connectivity index is 1.08. The minimum atomic E-state index is -0.0595. The first-order valence-electron chi connectivity index (χ1n) is 18.1. The van der Waals surface area contributed by atoms with Gasteiger partial charge in [0, 0.05) is 45.4 Å². The number of fused-ring (bicyclic) bond motifs is 6. The van der Waals surface area contributed by atoms with E-state index in [4.69, 9.17) is 15.0 Å². The van der Waals surface area contributed by atoms with Crippen LogP contribution in [-0.2, 0) is 5.41 Å². The fourth-order valence-electron chi connectivity index (χ4n) is 8.32. The molecule has 2 aliphatic rings. The lowest BCUT2D eigenvalue weighted by Gasteiger charge is -2.22. The summed E-state index contributed by atoms with van der Waals surface area (Å²) in [5, 5.41) is 2.56. The van der Waals surface area contributed by atoms with Crippen molar-refractivity contribution in [2.45, 2.75) is 31.6 Å². The number of rotatable bonds is 5. The summed E-state index contributed by atoms with van der Waals surface area (Å²) in [5.41, 5.74) is 13.3. The van der Waals surface area contributed by atoms with Crippen LogP contribution < -0.4 is 0 Å². The summed E-state index contributed by atoms with van der Waals surface area (Å²) in [6.07, 6.45) is 7.43. The number of allylic oxidation sites excluding steroid dienone is 4. The molecule has 52 heavy (non-hydrogen) atoms. The molecule has 0 spiro atoms. The van der Waals surface area contributed by atoms with E-state index in [2.05, 4.69) is 158 Å². The molecule has 0 fully saturated rings. The zero-order valence-corrected chi connectivity index (χ0v) is 29.2. The highest BCUT2D eigenvalue weighted by Gasteiger charge is 2.36. The zero-order valence-electron chi connectivity index (χ0n) is 29.2. The lowest BCUT2D eigenvalue weighted by molar-refractivity contribution is 0.661. The van der Waals surface area contributed by atoms with Crippen LogP contribution in [0.3, 0.4) is 0 Å². The molecule has 2 aromatic heterocycles. The topological polar surface area (TPSA) is 43.6 Å². The van der Waals surface area contributed by atoms with Gasteiger partial charge < -0.3 is 4.57 Å². The zero-order chi connectivity index (χ0) is 34.8. The summed E-state index contributed by atoms with van der Waals surface area (Å²) in [7, 11) is 0. The minimum Gasteiger partial charge on any atom is -0.313 e. The molecule has 0 radical (unpaired) electrons. The van der Waals surface area contributed by atoms with Crippen molar-refractivity contribution in [3.8, 4) is 45.0 Å². The molecule has 10 rings (SSSR count). The molecule has 0 N–H and O–H groups in total. The Morgan fingerprint density at radius 3 is 1.92 bits per heavy atom. The smallest absolute Gasteiger partial charge is 0.163 e. The SMILES string of the molecule is CC1(C)c2ccccc2-c2cc3c(cc21)c1ccccc1n3C1=CC=CC(c2nc(-c3ccccc3)nc(-c3ccc(-c4ccccc4)cc3)n2)C1. The van der Waals surface area contributed by atoms with Gasteiger partial charge in [-0.2, -0.15) is 0 Å². The van der Waals surface area contributed by atoms with Crippen LogP contribution >= 0.6 is 0 Å². The maximum absolute atomic E-state index is 5.17. The number of hydrogen-bond acceptors (Lipinski definition) is 3. The summed E-state index contributed by atoms with van der Waals surface area (Å²) in [6.45, 7) is 4.71. The van der Waals surface area contributed by atoms with E-state index >= 15 is 0 Å². The maximum Gasteiger partial charge on any atom is 0.163 e. The Bertz CT molecular complexity index is 2720. The van der Waals surface area contributed by atoms with Crippen molar-refractivity contribution in [3.05, 3.63) is 181 Å². The van der Waals surface area contributed by atoms with E-state index in [9.17, 15) is 0 Å². The molecule has 0 aliphatic heterocycles. The molecule has 248 valence electrons. The van der Waals surface area contributed by atoms with Gasteiger partial charge in [-0.3, -0.25) is 0 Å². The molecule has 8 aromatic rings. The average Bonchev–Trinajstić information content (AvgIpc) is 3.65. The van der Waals surface area contributed by atoms with Crippen LogP contribution in [-0.4, -0.2) is 19.5 Å². The van der Waals surface area contributed by atoms with E-state index in [1.807, 2.05) is 24.3 Å². The highest BCUT2D eigenvalue weighted by molar-refractivity contribution is 6.12. The van der Waals surface area contributed by atoms with Gasteiger partial charge in [-0.25, -0.2) is 15.0 Å². The van der Waals surface area contributed by atoms with Crippen LogP contribution in [0.2, 0.25) is 0 Å². The van der Waals surface area contributed by atoms with Gasteiger partial charge in [0.15, 0.2) is 11.6 Å². The third kappa shape index (κ3) is 4.86. The molecule has 0 bridgehead atoms. The molecular weight excluding hydrogens is 633 g/mol. The van der Waals surface area contributed by atoms with Crippen LogP contribution in [0, 0.1) is 0 Å². The van der Waals surface area contributed by atoms with Gasteiger partial charge in [0.25, 0.3) is 0 Å². The van der Waals surface area contributed by atoms with Gasteiger partial charge in [-0.1, -0.05) is 153 Å². The van der Waals surface area contributed by atoms with Gasteiger partial charge in [0.05, 0.1) is 11.0 Å². The Kier molecular flexibility index (Phi) is 6.94. The van der Waals surface area contributed by atoms with E-state index < -0.39 is 0 Å². The van der Waals surface area contributed by atoms with Crippen molar-refractivity contribution in [2.24, 2.45) is 0 Å². The Labute approximate surface area is 303 Å². The van der Waals surface area contributed by atoms with Crippen molar-refractivity contribution >= 4 is 27.5 Å². The number of benzene rings is 6. The average molecular weight is 669 g/mol. The summed E-state index contributed by atoms with van der Waals surface area (Å²) < 4.78 is 2.47. The molecule has 6 aromatic carbocycles. The molecule has 4 nitrogen and oxygen atoms in total. The molecular formula is C48H36N4. The molecule has 1 atom stereocenters. The quantitative estimate of drug-likeness (QED) is 0.183. The molecule has 0 saturated carbocycles. The Morgan fingerprint density at radius 2 is 1.15 bits per heavy atom. The molecule has 4 heteroatoms. The molecule has 2 aliphatic carbocycles.